The second-order valence-electron chi connectivity index (χ2n) is 3.27. The molecule has 4 nitrogen and oxygen atoms in total. The number of carbonyl (C=O) groups excluding carboxylic acids is 1. The maximum atomic E-state index is 11.4. The molecular weight excluding hydrogens is 160 g/mol. The predicted octanol–water partition coefficient (Wildman–Crippen LogP) is -0.158. The quantitative estimate of drug-likeness (QED) is 0.597. The van der Waals surface area contributed by atoms with E-state index < -0.39 is 11.9 Å². The minimum absolute atomic E-state index is 0.133. The van der Waals surface area contributed by atoms with Gasteiger partial charge in [-0.1, -0.05) is 6.92 Å². The second-order valence-corrected chi connectivity index (χ2v) is 3.27. The normalized spacial score (nSPS) is 46.7. The molecule has 1 N–H and O–H groups in total. The molecule has 2 rings (SSSR count). The summed E-state index contributed by atoms with van der Waals surface area (Å²) < 4.78 is 10.6. The van der Waals surface area contributed by atoms with Crippen molar-refractivity contribution in [2.75, 3.05) is 6.61 Å². The van der Waals surface area contributed by atoms with Crippen LogP contribution in [0.15, 0.2) is 0 Å². The predicted molar refractivity (Wildman–Crippen MR) is 39.5 cm³/mol. The lowest BCUT2D eigenvalue weighted by Crippen LogP contribution is -2.48. The van der Waals surface area contributed by atoms with E-state index in [2.05, 4.69) is 0 Å². The summed E-state index contributed by atoms with van der Waals surface area (Å²) in [5, 5.41) is 9.35. The Morgan fingerprint density at radius 2 is 2.50 bits per heavy atom. The van der Waals surface area contributed by atoms with Crippen molar-refractivity contribution in [3.8, 4) is 0 Å². The molecular formula is C8H12O4. The van der Waals surface area contributed by atoms with Crippen LogP contribution in [-0.2, 0) is 14.3 Å². The van der Waals surface area contributed by atoms with Gasteiger partial charge in [-0.2, -0.15) is 0 Å². The van der Waals surface area contributed by atoms with Crippen LogP contribution in [-0.4, -0.2) is 35.5 Å². The van der Waals surface area contributed by atoms with Crippen molar-refractivity contribution in [1.29, 1.82) is 0 Å². The molecule has 0 aromatic heterocycles. The van der Waals surface area contributed by atoms with E-state index in [1.165, 1.54) is 0 Å². The maximum absolute atomic E-state index is 11.4. The molecule has 2 fully saturated rings. The van der Waals surface area contributed by atoms with Crippen LogP contribution in [0.2, 0.25) is 0 Å². The van der Waals surface area contributed by atoms with E-state index >= 15 is 0 Å². The van der Waals surface area contributed by atoms with Crippen molar-refractivity contribution in [3.63, 3.8) is 0 Å². The number of Topliss-reactive ketones (excluding diaryl/α,β-unsaturated/α-hetero) is 1. The minimum atomic E-state index is -1.02. The van der Waals surface area contributed by atoms with Crippen molar-refractivity contribution >= 4 is 5.78 Å². The number of aliphatic hydroxyl groups is 1. The third kappa shape index (κ3) is 0.920. The number of ether oxygens (including phenoxy) is 2. The summed E-state index contributed by atoms with van der Waals surface area (Å²) in [6, 6.07) is 0. The van der Waals surface area contributed by atoms with E-state index in [4.69, 9.17) is 9.47 Å². The molecule has 1 unspecified atom stereocenters. The topological polar surface area (TPSA) is 55.8 Å². The molecule has 2 bridgehead atoms. The zero-order valence-corrected chi connectivity index (χ0v) is 6.95. The van der Waals surface area contributed by atoms with Crippen LogP contribution in [0, 0.1) is 0 Å². The highest BCUT2D eigenvalue weighted by Crippen LogP contribution is 2.35. The first-order chi connectivity index (χ1) is 5.68. The lowest BCUT2D eigenvalue weighted by molar-refractivity contribution is -0.205. The van der Waals surface area contributed by atoms with Gasteiger partial charge in [-0.15, -0.1) is 0 Å². The van der Waals surface area contributed by atoms with Gasteiger partial charge in [0, 0.05) is 12.8 Å². The largest absolute Gasteiger partial charge is 0.390 e. The number of ketones is 1. The van der Waals surface area contributed by atoms with Crippen LogP contribution in [0.4, 0.5) is 0 Å². The van der Waals surface area contributed by atoms with Crippen molar-refractivity contribution in [2.24, 2.45) is 0 Å². The standard InChI is InChI=1S/C8H12O4/c1-2-8-7(10)3-5(9)6(12-8)4-11-8/h5-6,9H,2-4H2,1H3/t5?,6-,8-/m1/s1. The molecule has 3 atom stereocenters. The van der Waals surface area contributed by atoms with Gasteiger partial charge in [-0.05, 0) is 0 Å². The molecule has 0 spiro atoms. The zero-order chi connectivity index (χ0) is 8.77. The Morgan fingerprint density at radius 3 is 3.17 bits per heavy atom. The number of rotatable bonds is 1. The molecule has 4 heteroatoms. The Morgan fingerprint density at radius 1 is 1.75 bits per heavy atom. The van der Waals surface area contributed by atoms with Gasteiger partial charge in [0.2, 0.25) is 5.79 Å². The smallest absolute Gasteiger partial charge is 0.229 e. The molecule has 2 aliphatic heterocycles. The Labute approximate surface area is 70.5 Å². The van der Waals surface area contributed by atoms with Crippen molar-refractivity contribution < 1.29 is 19.4 Å². The van der Waals surface area contributed by atoms with Gasteiger partial charge in [0.05, 0.1) is 12.7 Å². The van der Waals surface area contributed by atoms with Crippen molar-refractivity contribution in [1.82, 2.24) is 0 Å². The molecule has 0 aliphatic carbocycles. The number of hydrogen-bond donors (Lipinski definition) is 1. The molecule has 68 valence electrons. The second kappa shape index (κ2) is 2.52. The fourth-order valence-corrected chi connectivity index (χ4v) is 1.72. The summed E-state index contributed by atoms with van der Waals surface area (Å²) in [5.74, 6) is -1.16. The highest BCUT2D eigenvalue weighted by molar-refractivity contribution is 5.87. The molecule has 0 aromatic carbocycles. The van der Waals surface area contributed by atoms with Crippen LogP contribution in [0.3, 0.4) is 0 Å². The summed E-state index contributed by atoms with van der Waals surface area (Å²) in [4.78, 5) is 11.4. The average Bonchev–Trinajstić information content (AvgIpc) is 2.44. The van der Waals surface area contributed by atoms with Crippen LogP contribution in [0.5, 0.6) is 0 Å². The minimum Gasteiger partial charge on any atom is -0.390 e. The average molecular weight is 172 g/mol. The molecule has 2 aliphatic rings. The van der Waals surface area contributed by atoms with E-state index in [-0.39, 0.29) is 18.3 Å². The monoisotopic (exact) mass is 172 g/mol. The first-order valence-electron chi connectivity index (χ1n) is 4.21. The molecule has 0 amide bonds. The molecule has 0 radical (unpaired) electrons. The van der Waals surface area contributed by atoms with Crippen LogP contribution >= 0.6 is 0 Å². The number of fused-ring (bicyclic) bond motifs is 2. The SMILES string of the molecule is CC[C@@]12OC[C@@H](O1)C(O)CC2=O. The fraction of sp³-hybridized carbons (Fsp3) is 0.875. The Balaban J connectivity index is 2.24. The molecule has 0 saturated carbocycles. The highest BCUT2D eigenvalue weighted by atomic mass is 16.8. The third-order valence-electron chi connectivity index (χ3n) is 2.54. The molecule has 12 heavy (non-hydrogen) atoms. The van der Waals surface area contributed by atoms with Crippen molar-refractivity contribution in [3.05, 3.63) is 0 Å². The first kappa shape index (κ1) is 8.16. The van der Waals surface area contributed by atoms with E-state index in [1.54, 1.807) is 0 Å². The van der Waals surface area contributed by atoms with E-state index in [1.807, 2.05) is 6.92 Å². The summed E-state index contributed by atoms with van der Waals surface area (Å²) in [5.41, 5.74) is 0. The van der Waals surface area contributed by atoms with Gasteiger partial charge in [0.1, 0.15) is 6.10 Å². The van der Waals surface area contributed by atoms with Gasteiger partial charge in [0.25, 0.3) is 0 Å². The lowest BCUT2D eigenvalue weighted by atomic mass is 9.98. The van der Waals surface area contributed by atoms with Crippen LogP contribution in [0.1, 0.15) is 19.8 Å². The first-order valence-corrected chi connectivity index (χ1v) is 4.21. The van der Waals surface area contributed by atoms with Gasteiger partial charge in [-0.25, -0.2) is 0 Å². The summed E-state index contributed by atoms with van der Waals surface area (Å²) in [6.07, 6.45) is -0.296. The summed E-state index contributed by atoms with van der Waals surface area (Å²) in [6.45, 7) is 2.18. The van der Waals surface area contributed by atoms with Crippen LogP contribution < -0.4 is 0 Å². The van der Waals surface area contributed by atoms with E-state index in [0.717, 1.165) is 0 Å². The molecule has 2 heterocycles. The Kier molecular flexibility index (Phi) is 1.71. The van der Waals surface area contributed by atoms with Gasteiger partial charge < -0.3 is 14.6 Å². The highest BCUT2D eigenvalue weighted by Gasteiger charge is 2.53. The van der Waals surface area contributed by atoms with E-state index in [9.17, 15) is 9.90 Å². The van der Waals surface area contributed by atoms with Crippen molar-refractivity contribution in [2.45, 2.75) is 37.8 Å². The molecule has 2 saturated heterocycles. The number of aliphatic hydroxyl groups excluding tert-OH is 1. The van der Waals surface area contributed by atoms with E-state index in [0.29, 0.717) is 13.0 Å². The van der Waals surface area contributed by atoms with Gasteiger partial charge >= 0.3 is 0 Å². The maximum Gasteiger partial charge on any atom is 0.229 e. The lowest BCUT2D eigenvalue weighted by Gasteiger charge is -2.31. The third-order valence-corrected chi connectivity index (χ3v) is 2.54. The molecule has 0 aromatic rings. The van der Waals surface area contributed by atoms with Crippen LogP contribution in [0.25, 0.3) is 0 Å². The summed E-state index contributed by atoms with van der Waals surface area (Å²) >= 11 is 0. The Hall–Kier alpha value is -0.450. The fourth-order valence-electron chi connectivity index (χ4n) is 1.72. The zero-order valence-electron chi connectivity index (χ0n) is 6.95. The van der Waals surface area contributed by atoms with Gasteiger partial charge in [0.15, 0.2) is 5.78 Å². The number of hydrogen-bond acceptors (Lipinski definition) is 4. The summed E-state index contributed by atoms with van der Waals surface area (Å²) in [7, 11) is 0. The Bertz CT molecular complexity index is 215. The van der Waals surface area contributed by atoms with Gasteiger partial charge in [-0.3, -0.25) is 4.79 Å². The number of carbonyl (C=O) groups is 1.